The van der Waals surface area contributed by atoms with Crippen molar-refractivity contribution < 1.29 is 4.79 Å². The molecule has 0 radical (unpaired) electrons. The first-order valence-corrected chi connectivity index (χ1v) is 5.59. The summed E-state index contributed by atoms with van der Waals surface area (Å²) in [5.41, 5.74) is 0. The van der Waals surface area contributed by atoms with E-state index in [9.17, 15) is 4.79 Å². The Kier molecular flexibility index (Phi) is 5.12. The summed E-state index contributed by atoms with van der Waals surface area (Å²) in [4.78, 5) is 15.5. The van der Waals surface area contributed by atoms with E-state index < -0.39 is 0 Å². The maximum atomic E-state index is 10.8. The van der Waals surface area contributed by atoms with Crippen LogP contribution in [0, 0.1) is 0 Å². The van der Waals surface area contributed by atoms with Crippen LogP contribution in [0.5, 0.6) is 0 Å². The number of ketones is 1. The maximum absolute atomic E-state index is 10.8. The SMILES string of the molecule is CC(=O)CCN(C)CCN1CCCC1. The Morgan fingerprint density at radius 3 is 2.50 bits per heavy atom. The van der Waals surface area contributed by atoms with Crippen molar-refractivity contribution in [2.24, 2.45) is 0 Å². The zero-order valence-electron chi connectivity index (χ0n) is 9.46. The van der Waals surface area contributed by atoms with Gasteiger partial charge in [-0.25, -0.2) is 0 Å². The fourth-order valence-electron chi connectivity index (χ4n) is 1.78. The van der Waals surface area contributed by atoms with E-state index in [1.165, 1.54) is 25.9 Å². The highest BCUT2D eigenvalue weighted by atomic mass is 16.1. The molecule has 0 spiro atoms. The minimum Gasteiger partial charge on any atom is -0.305 e. The molecule has 0 aliphatic carbocycles. The highest BCUT2D eigenvalue weighted by molar-refractivity contribution is 5.75. The van der Waals surface area contributed by atoms with Gasteiger partial charge >= 0.3 is 0 Å². The molecule has 0 aromatic carbocycles. The largest absolute Gasteiger partial charge is 0.305 e. The third kappa shape index (κ3) is 4.72. The molecule has 1 aliphatic rings. The Morgan fingerprint density at radius 1 is 1.29 bits per heavy atom. The summed E-state index contributed by atoms with van der Waals surface area (Å²) in [5, 5.41) is 0. The molecule has 0 bridgehead atoms. The number of carbonyl (C=O) groups is 1. The van der Waals surface area contributed by atoms with Gasteiger partial charge in [-0.3, -0.25) is 4.79 Å². The molecule has 0 unspecified atom stereocenters. The molecule has 82 valence electrons. The normalized spacial score (nSPS) is 17.9. The molecule has 0 aromatic rings. The van der Waals surface area contributed by atoms with Gasteiger partial charge in [-0.1, -0.05) is 0 Å². The molecule has 1 saturated heterocycles. The average molecular weight is 198 g/mol. The third-order valence-electron chi connectivity index (χ3n) is 2.84. The zero-order chi connectivity index (χ0) is 10.4. The van der Waals surface area contributed by atoms with Gasteiger partial charge < -0.3 is 9.80 Å². The van der Waals surface area contributed by atoms with Gasteiger partial charge in [0.05, 0.1) is 0 Å². The van der Waals surface area contributed by atoms with Crippen LogP contribution in [0.25, 0.3) is 0 Å². The maximum Gasteiger partial charge on any atom is 0.131 e. The van der Waals surface area contributed by atoms with Crippen molar-refractivity contribution in [1.29, 1.82) is 0 Å². The number of hydrogen-bond acceptors (Lipinski definition) is 3. The van der Waals surface area contributed by atoms with Crippen molar-refractivity contribution in [3.63, 3.8) is 0 Å². The fraction of sp³-hybridized carbons (Fsp3) is 0.909. The van der Waals surface area contributed by atoms with Crippen molar-refractivity contribution in [2.45, 2.75) is 26.2 Å². The Bertz CT molecular complexity index is 176. The van der Waals surface area contributed by atoms with Crippen LogP contribution in [-0.4, -0.2) is 55.4 Å². The Balaban J connectivity index is 2.02. The Labute approximate surface area is 87.1 Å². The second kappa shape index (κ2) is 6.14. The van der Waals surface area contributed by atoms with Crippen LogP contribution in [0.3, 0.4) is 0 Å². The molecule has 0 saturated carbocycles. The van der Waals surface area contributed by atoms with Crippen molar-refractivity contribution >= 4 is 5.78 Å². The van der Waals surface area contributed by atoms with E-state index in [1.807, 2.05) is 0 Å². The van der Waals surface area contributed by atoms with Crippen molar-refractivity contribution in [2.75, 3.05) is 39.8 Å². The molecule has 1 aliphatic heterocycles. The summed E-state index contributed by atoms with van der Waals surface area (Å²) < 4.78 is 0. The molecule has 1 heterocycles. The first kappa shape index (κ1) is 11.7. The number of Topliss-reactive ketones (excluding diaryl/α,β-unsaturated/α-hetero) is 1. The highest BCUT2D eigenvalue weighted by Gasteiger charge is 2.11. The van der Waals surface area contributed by atoms with E-state index in [0.717, 1.165) is 19.6 Å². The molecule has 0 N–H and O–H groups in total. The Morgan fingerprint density at radius 2 is 1.93 bits per heavy atom. The lowest BCUT2D eigenvalue weighted by atomic mass is 10.3. The number of nitrogens with zero attached hydrogens (tertiary/aromatic N) is 2. The molecular formula is C11H22N2O. The fourth-order valence-corrected chi connectivity index (χ4v) is 1.78. The van der Waals surface area contributed by atoms with Gasteiger partial charge in [0.2, 0.25) is 0 Å². The van der Waals surface area contributed by atoms with Crippen LogP contribution in [-0.2, 0) is 4.79 Å². The zero-order valence-corrected chi connectivity index (χ0v) is 9.46. The number of rotatable bonds is 6. The first-order chi connectivity index (χ1) is 6.68. The predicted octanol–water partition coefficient (Wildman–Crippen LogP) is 0.993. The molecule has 1 fully saturated rings. The minimum atomic E-state index is 0.290. The molecule has 3 nitrogen and oxygen atoms in total. The molecular weight excluding hydrogens is 176 g/mol. The standard InChI is InChI=1S/C11H22N2O/c1-11(14)5-8-12(2)9-10-13-6-3-4-7-13/h3-10H2,1-2H3. The van der Waals surface area contributed by atoms with Gasteiger partial charge in [0, 0.05) is 26.1 Å². The van der Waals surface area contributed by atoms with Crippen LogP contribution < -0.4 is 0 Å². The number of likely N-dealkylation sites (tertiary alicyclic amines) is 1. The van der Waals surface area contributed by atoms with Crippen molar-refractivity contribution in [1.82, 2.24) is 9.80 Å². The van der Waals surface area contributed by atoms with Gasteiger partial charge in [-0.05, 0) is 39.9 Å². The topological polar surface area (TPSA) is 23.6 Å². The summed E-state index contributed by atoms with van der Waals surface area (Å²) in [6.45, 7) is 7.35. The van der Waals surface area contributed by atoms with Gasteiger partial charge in [-0.2, -0.15) is 0 Å². The van der Waals surface area contributed by atoms with Crippen LogP contribution >= 0.6 is 0 Å². The van der Waals surface area contributed by atoms with Gasteiger partial charge in [-0.15, -0.1) is 0 Å². The molecule has 14 heavy (non-hydrogen) atoms. The quantitative estimate of drug-likeness (QED) is 0.636. The van der Waals surface area contributed by atoms with Crippen molar-refractivity contribution in [3.8, 4) is 0 Å². The summed E-state index contributed by atoms with van der Waals surface area (Å²) >= 11 is 0. The third-order valence-corrected chi connectivity index (χ3v) is 2.84. The van der Waals surface area contributed by atoms with Crippen LogP contribution in [0.15, 0.2) is 0 Å². The van der Waals surface area contributed by atoms with E-state index in [4.69, 9.17) is 0 Å². The summed E-state index contributed by atoms with van der Waals surface area (Å²) in [6, 6.07) is 0. The molecule has 0 amide bonds. The van der Waals surface area contributed by atoms with Gasteiger partial charge in [0.25, 0.3) is 0 Å². The summed E-state index contributed by atoms with van der Waals surface area (Å²) in [6.07, 6.45) is 3.41. The van der Waals surface area contributed by atoms with Crippen LogP contribution in [0.4, 0.5) is 0 Å². The predicted molar refractivity (Wildman–Crippen MR) is 58.5 cm³/mol. The van der Waals surface area contributed by atoms with E-state index in [0.29, 0.717) is 6.42 Å². The summed E-state index contributed by atoms with van der Waals surface area (Å²) in [7, 11) is 2.10. The number of carbonyl (C=O) groups excluding carboxylic acids is 1. The second-order valence-electron chi connectivity index (χ2n) is 4.30. The highest BCUT2D eigenvalue weighted by Crippen LogP contribution is 2.06. The first-order valence-electron chi connectivity index (χ1n) is 5.59. The number of likely N-dealkylation sites (N-methyl/N-ethyl adjacent to an activating group) is 1. The van der Waals surface area contributed by atoms with E-state index in [1.54, 1.807) is 6.92 Å². The average Bonchev–Trinajstić information content (AvgIpc) is 2.63. The smallest absolute Gasteiger partial charge is 0.131 e. The van der Waals surface area contributed by atoms with Crippen LogP contribution in [0.2, 0.25) is 0 Å². The van der Waals surface area contributed by atoms with E-state index in [2.05, 4.69) is 16.8 Å². The van der Waals surface area contributed by atoms with E-state index >= 15 is 0 Å². The van der Waals surface area contributed by atoms with Crippen molar-refractivity contribution in [3.05, 3.63) is 0 Å². The lowest BCUT2D eigenvalue weighted by Gasteiger charge is -2.20. The molecule has 1 rings (SSSR count). The van der Waals surface area contributed by atoms with Crippen LogP contribution in [0.1, 0.15) is 26.2 Å². The van der Waals surface area contributed by atoms with Gasteiger partial charge in [0.1, 0.15) is 5.78 Å². The molecule has 0 atom stereocenters. The number of hydrogen-bond donors (Lipinski definition) is 0. The lowest BCUT2D eigenvalue weighted by Crippen LogP contribution is -2.32. The molecule has 3 heteroatoms. The summed E-state index contributed by atoms with van der Waals surface area (Å²) in [5.74, 6) is 0.290. The van der Waals surface area contributed by atoms with Gasteiger partial charge in [0.15, 0.2) is 0 Å². The lowest BCUT2D eigenvalue weighted by molar-refractivity contribution is -0.117. The second-order valence-corrected chi connectivity index (χ2v) is 4.30. The Hall–Kier alpha value is -0.410. The molecule has 0 aromatic heterocycles. The monoisotopic (exact) mass is 198 g/mol. The van der Waals surface area contributed by atoms with E-state index in [-0.39, 0.29) is 5.78 Å². The minimum absolute atomic E-state index is 0.290.